The number of esters is 1. The molecule has 1 aromatic heterocycles. The van der Waals surface area contributed by atoms with E-state index in [1.54, 1.807) is 37.4 Å². The predicted molar refractivity (Wildman–Crippen MR) is 153 cm³/mol. The molecule has 2 aliphatic heterocycles. The zero-order valence-corrected chi connectivity index (χ0v) is 24.8. The van der Waals surface area contributed by atoms with E-state index >= 15 is 0 Å². The highest BCUT2D eigenvalue weighted by molar-refractivity contribution is 6.36. The number of carboxylic acids is 1. The first-order chi connectivity index (χ1) is 21.1. The average molecular weight is 665 g/mol. The smallest absolute Gasteiger partial charge is 0.475 e. The number of nitriles is 1. The molecule has 0 radical (unpaired) electrons. The van der Waals surface area contributed by atoms with Gasteiger partial charge in [-0.3, -0.25) is 4.79 Å². The van der Waals surface area contributed by atoms with Gasteiger partial charge in [-0.25, -0.2) is 19.3 Å². The maximum atomic E-state index is 14.2. The Kier molecular flexibility index (Phi) is 9.22. The van der Waals surface area contributed by atoms with E-state index in [0.29, 0.717) is 17.9 Å². The number of aliphatic carboxylic acids is 1. The highest BCUT2D eigenvalue weighted by atomic mass is 35.5. The van der Waals surface area contributed by atoms with Gasteiger partial charge < -0.3 is 19.6 Å². The van der Waals surface area contributed by atoms with E-state index in [9.17, 15) is 32.8 Å². The molecule has 12 nitrogen and oxygen atoms in total. The van der Waals surface area contributed by atoms with Gasteiger partial charge in [0, 0.05) is 29.6 Å². The number of alkyl halides is 3. The van der Waals surface area contributed by atoms with Gasteiger partial charge in [0.1, 0.15) is 5.54 Å². The molecule has 234 valence electrons. The molecule has 2 fully saturated rings. The van der Waals surface area contributed by atoms with Crippen LogP contribution in [0.4, 0.5) is 29.5 Å². The molecule has 0 saturated carbocycles. The molecule has 1 N–H and O–H groups in total. The number of anilines is 2. The quantitative estimate of drug-likeness (QED) is 0.311. The summed E-state index contributed by atoms with van der Waals surface area (Å²) in [4.78, 5) is 52.9. The molecular formula is C28H21Cl2F3N6O6. The first-order valence-corrected chi connectivity index (χ1v) is 13.4. The number of halogens is 5. The van der Waals surface area contributed by atoms with Crippen molar-refractivity contribution < 1.29 is 42.2 Å². The van der Waals surface area contributed by atoms with Gasteiger partial charge in [-0.15, -0.1) is 10.2 Å². The fourth-order valence-electron chi connectivity index (χ4n) is 5.09. The van der Waals surface area contributed by atoms with Gasteiger partial charge in [-0.1, -0.05) is 35.3 Å². The monoisotopic (exact) mass is 664 g/mol. The molecule has 0 bridgehead atoms. The lowest BCUT2D eigenvalue weighted by atomic mass is 9.80. The summed E-state index contributed by atoms with van der Waals surface area (Å²) in [6.45, 7) is 0.418. The van der Waals surface area contributed by atoms with Crippen molar-refractivity contribution in [3.05, 3.63) is 81.5 Å². The molecule has 17 heteroatoms. The van der Waals surface area contributed by atoms with Crippen LogP contribution in [0.15, 0.2) is 54.6 Å². The summed E-state index contributed by atoms with van der Waals surface area (Å²) in [5.74, 6) is -3.89. The Balaban J connectivity index is 0.000000591. The highest BCUT2D eigenvalue weighted by Crippen LogP contribution is 2.47. The van der Waals surface area contributed by atoms with Crippen LogP contribution in [0.1, 0.15) is 27.5 Å². The lowest BCUT2D eigenvalue weighted by Gasteiger charge is -2.33. The molecule has 2 saturated heterocycles. The zero-order valence-electron chi connectivity index (χ0n) is 23.2. The van der Waals surface area contributed by atoms with Crippen LogP contribution in [0, 0.1) is 11.3 Å². The highest BCUT2D eigenvalue weighted by Gasteiger charge is 2.64. The van der Waals surface area contributed by atoms with Gasteiger partial charge in [0.05, 0.1) is 31.0 Å². The molecular weight excluding hydrogens is 644 g/mol. The molecule has 3 heterocycles. The van der Waals surface area contributed by atoms with Crippen molar-refractivity contribution in [2.24, 2.45) is 0 Å². The molecule has 2 atom stereocenters. The zero-order chi connectivity index (χ0) is 33.3. The second kappa shape index (κ2) is 12.6. The predicted octanol–water partition coefficient (Wildman–Crippen LogP) is 4.52. The van der Waals surface area contributed by atoms with E-state index in [1.165, 1.54) is 36.3 Å². The third-order valence-electron chi connectivity index (χ3n) is 7.22. The van der Waals surface area contributed by atoms with Crippen LogP contribution in [-0.4, -0.2) is 83.0 Å². The molecule has 3 aromatic rings. The molecule has 3 amide bonds. The van der Waals surface area contributed by atoms with E-state index in [0.717, 1.165) is 10.5 Å². The van der Waals surface area contributed by atoms with Crippen molar-refractivity contribution in [3.8, 4) is 6.07 Å². The van der Waals surface area contributed by atoms with E-state index in [-0.39, 0.29) is 28.0 Å². The minimum Gasteiger partial charge on any atom is -0.475 e. The summed E-state index contributed by atoms with van der Waals surface area (Å²) in [5.41, 5.74) is 0.231. The second-order valence-corrected chi connectivity index (χ2v) is 10.6. The van der Waals surface area contributed by atoms with Crippen molar-refractivity contribution in [2.45, 2.75) is 17.6 Å². The minimum absolute atomic E-state index is 0.0436. The summed E-state index contributed by atoms with van der Waals surface area (Å²) >= 11 is 12.4. The molecule has 5 rings (SSSR count). The van der Waals surface area contributed by atoms with Gasteiger partial charge in [0.15, 0.2) is 11.5 Å². The summed E-state index contributed by atoms with van der Waals surface area (Å²) in [7, 11) is 2.83. The number of aromatic nitrogens is 2. The summed E-state index contributed by atoms with van der Waals surface area (Å²) in [6, 6.07) is 16.1. The van der Waals surface area contributed by atoms with Crippen LogP contribution >= 0.6 is 23.2 Å². The molecule has 0 unspecified atom stereocenters. The number of methoxy groups -OCH3 is 1. The summed E-state index contributed by atoms with van der Waals surface area (Å²) in [5, 5.41) is 25.1. The van der Waals surface area contributed by atoms with Crippen LogP contribution in [0.25, 0.3) is 0 Å². The third kappa shape index (κ3) is 6.33. The maximum Gasteiger partial charge on any atom is 0.490 e. The Labute approximate surface area is 263 Å². The van der Waals surface area contributed by atoms with Crippen LogP contribution in [0.3, 0.4) is 0 Å². The van der Waals surface area contributed by atoms with E-state index < -0.39 is 41.5 Å². The van der Waals surface area contributed by atoms with Gasteiger partial charge in [0.2, 0.25) is 0 Å². The largest absolute Gasteiger partial charge is 0.490 e. The number of likely N-dealkylation sites (N-methyl/N-ethyl adjacent to an activating group) is 1. The number of rotatable bonds is 4. The molecule has 2 aliphatic rings. The number of urea groups is 1. The number of nitrogens with zero attached hydrogens (tertiary/aromatic N) is 6. The molecule has 2 aromatic carbocycles. The lowest BCUT2D eigenvalue weighted by Crippen LogP contribution is -2.53. The molecule has 45 heavy (non-hydrogen) atoms. The van der Waals surface area contributed by atoms with Crippen LogP contribution < -0.4 is 9.80 Å². The number of carboxylic acid groups (broad SMARTS) is 1. The number of hydrogen-bond donors (Lipinski definition) is 1. The van der Waals surface area contributed by atoms with Crippen molar-refractivity contribution in [3.63, 3.8) is 0 Å². The standard InChI is InChI=1S/C26H20Cl2N6O4.C2HF3O2/c1-32-25(37)34(19-10-17(27)9-18(28)11-19)24(36)26(32)14-33(22-8-7-21(30-31-22)23(35)38-2)13-20(26)16-5-3-15(12-29)4-6-16;3-2(4,5)1(6)7/h3-11,20H,13-14H2,1-2H3;(H,6,7)/t20-,26+;/m0./s1. The Hall–Kier alpha value is -4.94. The number of ether oxygens (including phenoxy) is 1. The first kappa shape index (κ1) is 33.0. The number of benzene rings is 2. The number of hydrogen-bond acceptors (Lipinski definition) is 9. The Morgan fingerprint density at radius 3 is 2.16 bits per heavy atom. The normalized spacial score (nSPS) is 19.3. The fourth-order valence-corrected chi connectivity index (χ4v) is 5.60. The number of carbonyl (C=O) groups is 4. The van der Waals surface area contributed by atoms with E-state index in [2.05, 4.69) is 16.3 Å². The maximum absolute atomic E-state index is 14.2. The van der Waals surface area contributed by atoms with Gasteiger partial charge >= 0.3 is 24.1 Å². The number of carbonyl (C=O) groups excluding carboxylic acids is 3. The Morgan fingerprint density at radius 2 is 1.67 bits per heavy atom. The van der Waals surface area contributed by atoms with Crippen molar-refractivity contribution in [1.29, 1.82) is 5.26 Å². The second-order valence-electron chi connectivity index (χ2n) is 9.77. The van der Waals surface area contributed by atoms with Gasteiger partial charge in [0.25, 0.3) is 5.91 Å². The van der Waals surface area contributed by atoms with Crippen molar-refractivity contribution in [2.75, 3.05) is 37.0 Å². The average Bonchev–Trinajstić information content (AvgIpc) is 3.49. The first-order valence-electron chi connectivity index (χ1n) is 12.7. The van der Waals surface area contributed by atoms with Crippen molar-refractivity contribution >= 4 is 58.6 Å². The van der Waals surface area contributed by atoms with Gasteiger partial charge in [-0.05, 0) is 48.0 Å². The SMILES string of the molecule is COC(=O)c1ccc(N2C[C@@H](c3ccc(C#N)cc3)[C@]3(C2)C(=O)N(c2cc(Cl)cc(Cl)c2)C(=O)N3C)nn1.O=C(O)C(F)(F)F. The molecule has 0 aliphatic carbocycles. The number of imide groups is 1. The lowest BCUT2D eigenvalue weighted by molar-refractivity contribution is -0.192. The Morgan fingerprint density at radius 1 is 1.07 bits per heavy atom. The Bertz CT molecular complexity index is 1680. The topological polar surface area (TPSA) is 157 Å². The van der Waals surface area contributed by atoms with E-state index in [1.807, 2.05) is 4.90 Å². The van der Waals surface area contributed by atoms with Gasteiger partial charge in [-0.2, -0.15) is 18.4 Å². The minimum atomic E-state index is -5.08. The van der Waals surface area contributed by atoms with Crippen LogP contribution in [0.5, 0.6) is 0 Å². The number of amides is 3. The third-order valence-corrected chi connectivity index (χ3v) is 7.66. The van der Waals surface area contributed by atoms with Crippen molar-refractivity contribution in [1.82, 2.24) is 15.1 Å². The molecule has 1 spiro atoms. The fraction of sp³-hybridized carbons (Fsp3) is 0.250. The van der Waals surface area contributed by atoms with E-state index in [4.69, 9.17) is 37.8 Å². The summed E-state index contributed by atoms with van der Waals surface area (Å²) < 4.78 is 36.4. The van der Waals surface area contributed by atoms with Crippen LogP contribution in [0.2, 0.25) is 10.0 Å². The van der Waals surface area contributed by atoms with Crippen LogP contribution in [-0.2, 0) is 14.3 Å². The summed E-state index contributed by atoms with van der Waals surface area (Å²) in [6.07, 6.45) is -5.08.